The molecule has 0 saturated carbocycles. The SMILES string of the molecule is COc1ccccc1NC(=O)CN1CCN(Cc2ncccc2C)CC1. The van der Waals surface area contributed by atoms with E-state index >= 15 is 0 Å². The van der Waals surface area contributed by atoms with Gasteiger partial charge < -0.3 is 10.1 Å². The predicted octanol–water partition coefficient (Wildman–Crippen LogP) is 2.15. The number of nitrogens with one attached hydrogen (secondary N) is 1. The lowest BCUT2D eigenvalue weighted by Crippen LogP contribution is -2.48. The highest BCUT2D eigenvalue weighted by Gasteiger charge is 2.20. The Balaban J connectivity index is 1.46. The average molecular weight is 354 g/mol. The van der Waals surface area contributed by atoms with Gasteiger partial charge in [0.25, 0.3) is 0 Å². The number of hydrogen-bond acceptors (Lipinski definition) is 5. The Morgan fingerprint density at radius 2 is 1.85 bits per heavy atom. The van der Waals surface area contributed by atoms with Crippen LogP contribution in [0.3, 0.4) is 0 Å². The number of pyridine rings is 1. The molecule has 0 bridgehead atoms. The van der Waals surface area contributed by atoms with Crippen molar-refractivity contribution in [1.82, 2.24) is 14.8 Å². The third-order valence-corrected chi connectivity index (χ3v) is 4.70. The minimum absolute atomic E-state index is 0.0106. The van der Waals surface area contributed by atoms with Crippen molar-refractivity contribution in [1.29, 1.82) is 0 Å². The van der Waals surface area contributed by atoms with Crippen molar-refractivity contribution in [2.24, 2.45) is 0 Å². The second-order valence-electron chi connectivity index (χ2n) is 6.57. The van der Waals surface area contributed by atoms with E-state index in [4.69, 9.17) is 4.74 Å². The largest absolute Gasteiger partial charge is 0.495 e. The molecule has 3 rings (SSSR count). The summed E-state index contributed by atoms with van der Waals surface area (Å²) in [4.78, 5) is 21.4. The predicted molar refractivity (Wildman–Crippen MR) is 102 cm³/mol. The van der Waals surface area contributed by atoms with Gasteiger partial charge in [-0.15, -0.1) is 0 Å². The minimum Gasteiger partial charge on any atom is -0.495 e. The number of ether oxygens (including phenoxy) is 1. The molecule has 6 nitrogen and oxygen atoms in total. The van der Waals surface area contributed by atoms with Crippen LogP contribution >= 0.6 is 0 Å². The van der Waals surface area contributed by atoms with E-state index in [2.05, 4.69) is 33.1 Å². The Morgan fingerprint density at radius 3 is 2.58 bits per heavy atom. The minimum atomic E-state index is -0.0106. The van der Waals surface area contributed by atoms with Gasteiger partial charge in [0, 0.05) is 38.9 Å². The molecule has 6 heteroatoms. The van der Waals surface area contributed by atoms with E-state index in [1.54, 1.807) is 7.11 Å². The van der Waals surface area contributed by atoms with Crippen molar-refractivity contribution < 1.29 is 9.53 Å². The van der Waals surface area contributed by atoms with E-state index in [9.17, 15) is 4.79 Å². The van der Waals surface area contributed by atoms with Crippen molar-refractivity contribution >= 4 is 11.6 Å². The van der Waals surface area contributed by atoms with Crippen molar-refractivity contribution in [3.63, 3.8) is 0 Å². The van der Waals surface area contributed by atoms with Gasteiger partial charge in [-0.2, -0.15) is 0 Å². The first-order valence-corrected chi connectivity index (χ1v) is 8.94. The van der Waals surface area contributed by atoms with E-state index in [-0.39, 0.29) is 5.91 Å². The van der Waals surface area contributed by atoms with E-state index in [1.165, 1.54) is 5.56 Å². The molecule has 1 aromatic heterocycles. The molecule has 26 heavy (non-hydrogen) atoms. The molecule has 1 N–H and O–H groups in total. The molecule has 1 fully saturated rings. The lowest BCUT2D eigenvalue weighted by Gasteiger charge is -2.34. The van der Waals surface area contributed by atoms with E-state index < -0.39 is 0 Å². The lowest BCUT2D eigenvalue weighted by atomic mass is 10.2. The summed E-state index contributed by atoms with van der Waals surface area (Å²) in [5.74, 6) is 0.667. The summed E-state index contributed by atoms with van der Waals surface area (Å²) in [6, 6.07) is 11.5. The number of hydrogen-bond donors (Lipinski definition) is 1. The number of para-hydroxylation sites is 2. The van der Waals surface area contributed by atoms with Crippen LogP contribution in [0.5, 0.6) is 5.75 Å². The van der Waals surface area contributed by atoms with Gasteiger partial charge in [-0.1, -0.05) is 18.2 Å². The molecule has 1 aliphatic rings. The monoisotopic (exact) mass is 354 g/mol. The van der Waals surface area contributed by atoms with Crippen LogP contribution in [0.25, 0.3) is 0 Å². The van der Waals surface area contributed by atoms with Gasteiger partial charge in [0.05, 0.1) is 25.0 Å². The quantitative estimate of drug-likeness (QED) is 0.861. The molecule has 2 aromatic rings. The fourth-order valence-corrected chi connectivity index (χ4v) is 3.14. The number of methoxy groups -OCH3 is 1. The number of nitrogens with zero attached hydrogens (tertiary/aromatic N) is 3. The van der Waals surface area contributed by atoms with Crippen LogP contribution in [0.2, 0.25) is 0 Å². The lowest BCUT2D eigenvalue weighted by molar-refractivity contribution is -0.117. The molecule has 138 valence electrons. The van der Waals surface area contributed by atoms with Crippen LogP contribution in [0, 0.1) is 6.92 Å². The number of benzene rings is 1. The molecule has 2 heterocycles. The summed E-state index contributed by atoms with van der Waals surface area (Å²) in [5.41, 5.74) is 3.07. The van der Waals surface area contributed by atoms with Crippen molar-refractivity contribution in [2.45, 2.75) is 13.5 Å². The van der Waals surface area contributed by atoms with Crippen molar-refractivity contribution in [3.8, 4) is 5.75 Å². The summed E-state index contributed by atoms with van der Waals surface area (Å²) in [6.07, 6.45) is 1.85. The van der Waals surface area contributed by atoms with Gasteiger partial charge in [-0.05, 0) is 30.7 Å². The molecule has 0 radical (unpaired) electrons. The molecule has 1 saturated heterocycles. The van der Waals surface area contributed by atoms with Gasteiger partial charge in [0.15, 0.2) is 0 Å². The molecular weight excluding hydrogens is 328 g/mol. The van der Waals surface area contributed by atoms with Gasteiger partial charge >= 0.3 is 0 Å². The van der Waals surface area contributed by atoms with E-state index in [0.29, 0.717) is 18.0 Å². The Morgan fingerprint density at radius 1 is 1.12 bits per heavy atom. The van der Waals surface area contributed by atoms with Gasteiger partial charge in [0.1, 0.15) is 5.75 Å². The number of rotatable bonds is 6. The van der Waals surface area contributed by atoms with Crippen molar-refractivity contribution in [3.05, 3.63) is 53.9 Å². The normalized spacial score (nSPS) is 15.6. The molecule has 0 atom stereocenters. The molecule has 1 aromatic carbocycles. The van der Waals surface area contributed by atoms with Crippen LogP contribution < -0.4 is 10.1 Å². The van der Waals surface area contributed by atoms with E-state index in [0.717, 1.165) is 38.4 Å². The number of carbonyl (C=O) groups excluding carboxylic acids is 1. The maximum Gasteiger partial charge on any atom is 0.238 e. The fraction of sp³-hybridized carbons (Fsp3) is 0.400. The molecule has 0 spiro atoms. The van der Waals surface area contributed by atoms with Crippen LogP contribution in [0.4, 0.5) is 5.69 Å². The summed E-state index contributed by atoms with van der Waals surface area (Å²) in [7, 11) is 1.60. The van der Waals surface area contributed by atoms with Gasteiger partial charge in [-0.3, -0.25) is 19.6 Å². The first-order chi connectivity index (χ1) is 12.7. The molecule has 1 aliphatic heterocycles. The number of amides is 1. The Kier molecular flexibility index (Phi) is 6.20. The summed E-state index contributed by atoms with van der Waals surface area (Å²) in [5, 5.41) is 2.94. The highest BCUT2D eigenvalue weighted by Crippen LogP contribution is 2.22. The third-order valence-electron chi connectivity index (χ3n) is 4.70. The van der Waals surface area contributed by atoms with Crippen LogP contribution in [-0.2, 0) is 11.3 Å². The van der Waals surface area contributed by atoms with Crippen molar-refractivity contribution in [2.75, 3.05) is 45.2 Å². The second kappa shape index (κ2) is 8.78. The standard InChI is InChI=1S/C20H26N4O2/c1-16-6-5-9-21-18(16)14-23-10-12-24(13-11-23)15-20(25)22-17-7-3-4-8-19(17)26-2/h3-9H,10-15H2,1-2H3,(H,22,25). The van der Waals surface area contributed by atoms with Crippen LogP contribution in [0.15, 0.2) is 42.6 Å². The zero-order chi connectivity index (χ0) is 18.4. The first kappa shape index (κ1) is 18.4. The molecule has 1 amide bonds. The topological polar surface area (TPSA) is 57.7 Å². The highest BCUT2D eigenvalue weighted by molar-refractivity contribution is 5.93. The van der Waals surface area contributed by atoms with Crippen LogP contribution in [-0.4, -0.2) is 60.5 Å². The highest BCUT2D eigenvalue weighted by atomic mass is 16.5. The Labute approximate surface area is 154 Å². The Hall–Kier alpha value is -2.44. The zero-order valence-corrected chi connectivity index (χ0v) is 15.4. The van der Waals surface area contributed by atoms with Gasteiger partial charge in [-0.25, -0.2) is 0 Å². The number of aryl methyl sites for hydroxylation is 1. The molecular formula is C20H26N4O2. The number of aromatic nitrogens is 1. The fourth-order valence-electron chi connectivity index (χ4n) is 3.14. The Bertz CT molecular complexity index is 742. The zero-order valence-electron chi connectivity index (χ0n) is 15.4. The number of anilines is 1. The maximum atomic E-state index is 12.3. The van der Waals surface area contributed by atoms with E-state index in [1.807, 2.05) is 36.5 Å². The number of piperazine rings is 1. The first-order valence-electron chi connectivity index (χ1n) is 8.94. The second-order valence-corrected chi connectivity index (χ2v) is 6.57. The van der Waals surface area contributed by atoms with Crippen LogP contribution in [0.1, 0.15) is 11.3 Å². The third kappa shape index (κ3) is 4.80. The smallest absolute Gasteiger partial charge is 0.238 e. The average Bonchev–Trinajstić information content (AvgIpc) is 2.65. The molecule has 0 aliphatic carbocycles. The summed E-state index contributed by atoms with van der Waals surface area (Å²) in [6.45, 7) is 7.01. The molecule has 0 unspecified atom stereocenters. The summed E-state index contributed by atoms with van der Waals surface area (Å²) < 4.78 is 5.28. The summed E-state index contributed by atoms with van der Waals surface area (Å²) >= 11 is 0. The van der Waals surface area contributed by atoms with Gasteiger partial charge in [0.2, 0.25) is 5.91 Å². The maximum absolute atomic E-state index is 12.3. The number of carbonyl (C=O) groups is 1.